The molecule has 1 aliphatic carbocycles. The predicted octanol–water partition coefficient (Wildman–Crippen LogP) is 1.31. The Kier molecular flexibility index (Phi) is 6.15. The highest BCUT2D eigenvalue weighted by atomic mass is 16.5. The van der Waals surface area contributed by atoms with E-state index in [-0.39, 0.29) is 0 Å². The van der Waals surface area contributed by atoms with Crippen LogP contribution in [-0.4, -0.2) is 32.5 Å². The van der Waals surface area contributed by atoms with E-state index in [9.17, 15) is 0 Å². The molecule has 0 aromatic carbocycles. The quantitative estimate of drug-likeness (QED) is 0.638. The topological polar surface area (TPSA) is 44.5 Å². The molecule has 78 valence electrons. The second kappa shape index (κ2) is 7.30. The monoisotopic (exact) mass is 187 g/mol. The van der Waals surface area contributed by atoms with E-state index < -0.39 is 0 Å². The molecule has 0 unspecified atom stereocenters. The van der Waals surface area contributed by atoms with Crippen molar-refractivity contribution in [3.63, 3.8) is 0 Å². The summed E-state index contributed by atoms with van der Waals surface area (Å²) in [5.74, 6) is 0. The molecule has 3 heteroatoms. The van der Waals surface area contributed by atoms with Crippen LogP contribution in [0.1, 0.15) is 32.1 Å². The van der Waals surface area contributed by atoms with E-state index in [2.05, 4.69) is 0 Å². The van der Waals surface area contributed by atoms with Gasteiger partial charge >= 0.3 is 0 Å². The van der Waals surface area contributed by atoms with Crippen molar-refractivity contribution in [2.75, 3.05) is 26.4 Å². The Hall–Kier alpha value is -0.120. The molecule has 0 amide bonds. The first-order valence-corrected chi connectivity index (χ1v) is 5.33. The summed E-state index contributed by atoms with van der Waals surface area (Å²) in [6, 6.07) is 0. The average molecular weight is 187 g/mol. The van der Waals surface area contributed by atoms with Crippen molar-refractivity contribution in [2.45, 2.75) is 38.2 Å². The summed E-state index contributed by atoms with van der Waals surface area (Å²) in [6.07, 6.45) is 7.00. The molecule has 0 aliphatic heterocycles. The molecule has 0 aromatic heterocycles. The highest BCUT2D eigenvalue weighted by Crippen LogP contribution is 2.19. The Balaban J connectivity index is 1.86. The summed E-state index contributed by atoms with van der Waals surface area (Å²) in [5, 5.41) is 0. The largest absolute Gasteiger partial charge is 0.378 e. The van der Waals surface area contributed by atoms with Crippen LogP contribution in [0, 0.1) is 0 Å². The zero-order valence-electron chi connectivity index (χ0n) is 8.34. The molecule has 13 heavy (non-hydrogen) atoms. The maximum absolute atomic E-state index is 5.66. The smallest absolute Gasteiger partial charge is 0.0704 e. The molecule has 1 aliphatic rings. The third kappa shape index (κ3) is 5.24. The van der Waals surface area contributed by atoms with Gasteiger partial charge in [-0.15, -0.1) is 0 Å². The molecule has 0 heterocycles. The number of ether oxygens (including phenoxy) is 2. The fraction of sp³-hybridized carbons (Fsp3) is 1.00. The van der Waals surface area contributed by atoms with Crippen LogP contribution in [0.5, 0.6) is 0 Å². The lowest BCUT2D eigenvalue weighted by molar-refractivity contribution is -0.00872. The Bertz CT molecular complexity index is 113. The Morgan fingerprint density at radius 1 is 1.00 bits per heavy atom. The Labute approximate surface area is 80.6 Å². The molecular weight excluding hydrogens is 166 g/mol. The van der Waals surface area contributed by atoms with E-state index >= 15 is 0 Å². The number of rotatable bonds is 6. The fourth-order valence-electron chi connectivity index (χ4n) is 1.69. The molecule has 1 saturated carbocycles. The summed E-state index contributed by atoms with van der Waals surface area (Å²) in [6.45, 7) is 2.66. The van der Waals surface area contributed by atoms with Gasteiger partial charge in [0.05, 0.1) is 25.9 Å². The van der Waals surface area contributed by atoms with E-state index in [1.807, 2.05) is 0 Å². The van der Waals surface area contributed by atoms with E-state index in [0.717, 1.165) is 6.61 Å². The number of nitrogens with two attached hydrogens (primary N) is 1. The van der Waals surface area contributed by atoms with Crippen molar-refractivity contribution >= 4 is 0 Å². The lowest BCUT2D eigenvalue weighted by Crippen LogP contribution is -2.20. The van der Waals surface area contributed by atoms with E-state index in [0.29, 0.717) is 25.9 Å². The molecule has 1 rings (SSSR count). The van der Waals surface area contributed by atoms with Crippen molar-refractivity contribution < 1.29 is 9.47 Å². The molecular formula is C10H21NO2. The maximum atomic E-state index is 5.66. The van der Waals surface area contributed by atoms with Crippen molar-refractivity contribution in [1.29, 1.82) is 0 Å². The van der Waals surface area contributed by atoms with Crippen LogP contribution < -0.4 is 5.73 Å². The number of hydrogen-bond acceptors (Lipinski definition) is 3. The molecule has 2 N–H and O–H groups in total. The van der Waals surface area contributed by atoms with Gasteiger partial charge in [-0.1, -0.05) is 19.3 Å². The van der Waals surface area contributed by atoms with Gasteiger partial charge in [0.1, 0.15) is 0 Å². The molecule has 0 radical (unpaired) electrons. The summed E-state index contributed by atoms with van der Waals surface area (Å²) in [5.41, 5.74) is 5.29. The first-order valence-electron chi connectivity index (χ1n) is 5.33. The summed E-state index contributed by atoms with van der Waals surface area (Å²) in [4.78, 5) is 0. The van der Waals surface area contributed by atoms with Crippen LogP contribution in [0.15, 0.2) is 0 Å². The first-order chi connectivity index (χ1) is 6.43. The van der Waals surface area contributed by atoms with Crippen LogP contribution >= 0.6 is 0 Å². The van der Waals surface area contributed by atoms with E-state index in [4.69, 9.17) is 15.2 Å². The third-order valence-electron chi connectivity index (χ3n) is 2.40. The predicted molar refractivity (Wildman–Crippen MR) is 52.7 cm³/mol. The Morgan fingerprint density at radius 2 is 1.77 bits per heavy atom. The van der Waals surface area contributed by atoms with Crippen LogP contribution in [0.3, 0.4) is 0 Å². The van der Waals surface area contributed by atoms with Gasteiger partial charge in [-0.05, 0) is 12.8 Å². The maximum Gasteiger partial charge on any atom is 0.0704 e. The van der Waals surface area contributed by atoms with E-state index in [1.54, 1.807) is 0 Å². The SMILES string of the molecule is NCCOCCOC1CCCCC1. The van der Waals surface area contributed by atoms with Gasteiger partial charge in [-0.2, -0.15) is 0 Å². The van der Waals surface area contributed by atoms with Crippen molar-refractivity contribution in [2.24, 2.45) is 5.73 Å². The van der Waals surface area contributed by atoms with Gasteiger partial charge in [0, 0.05) is 6.54 Å². The summed E-state index contributed by atoms with van der Waals surface area (Å²) >= 11 is 0. The van der Waals surface area contributed by atoms with Gasteiger partial charge in [0.2, 0.25) is 0 Å². The second-order valence-corrected chi connectivity index (χ2v) is 3.53. The van der Waals surface area contributed by atoms with Gasteiger partial charge in [0.15, 0.2) is 0 Å². The zero-order chi connectivity index (χ0) is 9.36. The van der Waals surface area contributed by atoms with Crippen molar-refractivity contribution in [3.8, 4) is 0 Å². The van der Waals surface area contributed by atoms with Crippen LogP contribution in [-0.2, 0) is 9.47 Å². The summed E-state index contributed by atoms with van der Waals surface area (Å²) < 4.78 is 10.9. The molecule has 0 bridgehead atoms. The minimum absolute atomic E-state index is 0.496. The first kappa shape index (κ1) is 11.0. The van der Waals surface area contributed by atoms with Crippen LogP contribution in [0.25, 0.3) is 0 Å². The fourth-order valence-corrected chi connectivity index (χ4v) is 1.69. The van der Waals surface area contributed by atoms with Crippen LogP contribution in [0.4, 0.5) is 0 Å². The van der Waals surface area contributed by atoms with Crippen molar-refractivity contribution in [3.05, 3.63) is 0 Å². The lowest BCUT2D eigenvalue weighted by atomic mass is 9.98. The second-order valence-electron chi connectivity index (χ2n) is 3.53. The zero-order valence-corrected chi connectivity index (χ0v) is 8.34. The third-order valence-corrected chi connectivity index (χ3v) is 2.40. The molecule has 0 spiro atoms. The van der Waals surface area contributed by atoms with Gasteiger partial charge in [-0.25, -0.2) is 0 Å². The van der Waals surface area contributed by atoms with Gasteiger partial charge in [0.25, 0.3) is 0 Å². The highest BCUT2D eigenvalue weighted by molar-refractivity contribution is 4.64. The van der Waals surface area contributed by atoms with Crippen molar-refractivity contribution in [1.82, 2.24) is 0 Å². The minimum Gasteiger partial charge on any atom is -0.378 e. The molecule has 3 nitrogen and oxygen atoms in total. The molecule has 0 saturated heterocycles. The summed E-state index contributed by atoms with van der Waals surface area (Å²) in [7, 11) is 0. The Morgan fingerprint density at radius 3 is 2.46 bits per heavy atom. The standard InChI is InChI=1S/C10H21NO2/c11-6-7-12-8-9-13-10-4-2-1-3-5-10/h10H,1-9,11H2. The number of hydrogen-bond donors (Lipinski definition) is 1. The molecule has 0 atom stereocenters. The lowest BCUT2D eigenvalue weighted by Gasteiger charge is -2.21. The molecule has 1 fully saturated rings. The van der Waals surface area contributed by atoms with Gasteiger partial charge < -0.3 is 15.2 Å². The van der Waals surface area contributed by atoms with Crippen LogP contribution in [0.2, 0.25) is 0 Å². The average Bonchev–Trinajstić information content (AvgIpc) is 2.19. The van der Waals surface area contributed by atoms with E-state index in [1.165, 1.54) is 32.1 Å². The highest BCUT2D eigenvalue weighted by Gasteiger charge is 2.12. The normalized spacial score (nSPS) is 19.2. The minimum atomic E-state index is 0.496. The van der Waals surface area contributed by atoms with Gasteiger partial charge in [-0.3, -0.25) is 0 Å². The molecule has 0 aromatic rings.